The maximum absolute atomic E-state index is 12.4. The SMILES string of the molecule is CC(CN1CCOCC1)NC(=O)C1CC2CCCCC2N1.Cl.Cl. The molecule has 23 heavy (non-hydrogen) atoms. The third-order valence-corrected chi connectivity index (χ3v) is 5.20. The highest BCUT2D eigenvalue weighted by atomic mass is 35.5. The number of rotatable bonds is 4. The minimum absolute atomic E-state index is 0. The first-order valence-corrected chi connectivity index (χ1v) is 8.59. The Morgan fingerprint density at radius 3 is 2.65 bits per heavy atom. The van der Waals surface area contributed by atoms with Gasteiger partial charge in [-0.2, -0.15) is 0 Å². The fourth-order valence-electron chi connectivity index (χ4n) is 4.08. The summed E-state index contributed by atoms with van der Waals surface area (Å²) in [5.74, 6) is 0.925. The highest BCUT2D eigenvalue weighted by Crippen LogP contribution is 2.33. The molecule has 4 atom stereocenters. The van der Waals surface area contributed by atoms with Crippen molar-refractivity contribution in [3.05, 3.63) is 0 Å². The molecule has 2 saturated heterocycles. The van der Waals surface area contributed by atoms with Crippen LogP contribution in [0, 0.1) is 5.92 Å². The molecular formula is C16H31Cl2N3O2. The average Bonchev–Trinajstić information content (AvgIpc) is 2.92. The first-order chi connectivity index (χ1) is 10.2. The van der Waals surface area contributed by atoms with Crippen molar-refractivity contribution in [2.75, 3.05) is 32.8 Å². The Morgan fingerprint density at radius 1 is 1.26 bits per heavy atom. The predicted octanol–water partition coefficient (Wildman–Crippen LogP) is 1.59. The topological polar surface area (TPSA) is 53.6 Å². The lowest BCUT2D eigenvalue weighted by molar-refractivity contribution is -0.123. The molecule has 3 fully saturated rings. The lowest BCUT2D eigenvalue weighted by atomic mass is 9.85. The number of nitrogens with zero attached hydrogens (tertiary/aromatic N) is 1. The number of hydrogen-bond acceptors (Lipinski definition) is 4. The lowest BCUT2D eigenvalue weighted by Gasteiger charge is -2.29. The molecule has 0 bridgehead atoms. The molecule has 3 rings (SSSR count). The van der Waals surface area contributed by atoms with Crippen molar-refractivity contribution in [1.82, 2.24) is 15.5 Å². The van der Waals surface area contributed by atoms with E-state index in [-0.39, 0.29) is 42.8 Å². The molecule has 0 aromatic carbocycles. The number of nitrogens with one attached hydrogen (secondary N) is 2. The molecule has 0 radical (unpaired) electrons. The summed E-state index contributed by atoms with van der Waals surface area (Å²) in [6.45, 7) is 6.62. The molecule has 4 unspecified atom stereocenters. The number of halogens is 2. The molecule has 2 N–H and O–H groups in total. The van der Waals surface area contributed by atoms with Crippen molar-refractivity contribution in [2.45, 2.75) is 57.2 Å². The number of hydrogen-bond donors (Lipinski definition) is 2. The van der Waals surface area contributed by atoms with Crippen LogP contribution in [0.3, 0.4) is 0 Å². The van der Waals surface area contributed by atoms with Gasteiger partial charge in [0.25, 0.3) is 0 Å². The Labute approximate surface area is 152 Å². The molecule has 0 aromatic heterocycles. The highest BCUT2D eigenvalue weighted by molar-refractivity contribution is 5.85. The van der Waals surface area contributed by atoms with Gasteiger partial charge in [0.2, 0.25) is 5.91 Å². The largest absolute Gasteiger partial charge is 0.379 e. The summed E-state index contributed by atoms with van der Waals surface area (Å²) in [6.07, 6.45) is 6.23. The summed E-state index contributed by atoms with van der Waals surface area (Å²) in [4.78, 5) is 14.8. The van der Waals surface area contributed by atoms with Crippen LogP contribution in [0.1, 0.15) is 39.0 Å². The van der Waals surface area contributed by atoms with E-state index in [2.05, 4.69) is 22.5 Å². The van der Waals surface area contributed by atoms with E-state index in [1.165, 1.54) is 25.7 Å². The van der Waals surface area contributed by atoms with Gasteiger partial charge in [-0.05, 0) is 32.1 Å². The molecule has 1 amide bonds. The third-order valence-electron chi connectivity index (χ3n) is 5.20. The van der Waals surface area contributed by atoms with Crippen LogP contribution >= 0.6 is 24.8 Å². The number of carbonyl (C=O) groups is 1. The second kappa shape index (κ2) is 10.0. The number of amides is 1. The molecular weight excluding hydrogens is 337 g/mol. The van der Waals surface area contributed by atoms with E-state index in [0.717, 1.165) is 45.2 Å². The van der Waals surface area contributed by atoms with Gasteiger partial charge in [0.1, 0.15) is 0 Å². The molecule has 136 valence electrons. The summed E-state index contributed by atoms with van der Waals surface area (Å²) in [5, 5.41) is 6.75. The molecule has 7 heteroatoms. The summed E-state index contributed by atoms with van der Waals surface area (Å²) in [5.41, 5.74) is 0. The second-order valence-corrected chi connectivity index (χ2v) is 6.93. The summed E-state index contributed by atoms with van der Waals surface area (Å²) >= 11 is 0. The van der Waals surface area contributed by atoms with Crippen LogP contribution in [0.2, 0.25) is 0 Å². The van der Waals surface area contributed by atoms with E-state index in [9.17, 15) is 4.79 Å². The van der Waals surface area contributed by atoms with Gasteiger partial charge in [0.05, 0.1) is 19.3 Å². The quantitative estimate of drug-likeness (QED) is 0.791. The normalized spacial score (nSPS) is 32.1. The van der Waals surface area contributed by atoms with Gasteiger partial charge in [0.15, 0.2) is 0 Å². The van der Waals surface area contributed by atoms with Crippen molar-refractivity contribution in [3.8, 4) is 0 Å². The molecule has 1 aliphatic carbocycles. The molecule has 0 aromatic rings. The Morgan fingerprint density at radius 2 is 1.96 bits per heavy atom. The maximum atomic E-state index is 12.4. The van der Waals surface area contributed by atoms with Crippen LogP contribution in [-0.4, -0.2) is 61.8 Å². The van der Waals surface area contributed by atoms with Crippen molar-refractivity contribution >= 4 is 30.7 Å². The van der Waals surface area contributed by atoms with E-state index in [1.807, 2.05) is 0 Å². The number of carbonyl (C=O) groups excluding carboxylic acids is 1. The zero-order valence-corrected chi connectivity index (χ0v) is 15.6. The maximum Gasteiger partial charge on any atom is 0.237 e. The van der Waals surface area contributed by atoms with Crippen LogP contribution < -0.4 is 10.6 Å². The smallest absolute Gasteiger partial charge is 0.237 e. The molecule has 2 aliphatic heterocycles. The van der Waals surface area contributed by atoms with Gasteiger partial charge in [0, 0.05) is 31.7 Å². The molecule has 2 heterocycles. The van der Waals surface area contributed by atoms with E-state index in [0.29, 0.717) is 6.04 Å². The van der Waals surface area contributed by atoms with Gasteiger partial charge in [-0.25, -0.2) is 0 Å². The zero-order chi connectivity index (χ0) is 14.7. The highest BCUT2D eigenvalue weighted by Gasteiger charge is 2.38. The minimum Gasteiger partial charge on any atom is -0.379 e. The standard InChI is InChI=1S/C16H29N3O2.2ClH/c1-12(11-19-6-8-21-9-7-19)17-16(20)15-10-13-4-2-3-5-14(13)18-15;;/h12-15,18H,2-11H2,1H3,(H,17,20);2*1H. The predicted molar refractivity (Wildman–Crippen MR) is 96.6 cm³/mol. The average molecular weight is 368 g/mol. The Balaban J connectivity index is 0.00000132. The van der Waals surface area contributed by atoms with Crippen LogP contribution in [0.25, 0.3) is 0 Å². The Hall–Kier alpha value is -0.0700. The van der Waals surface area contributed by atoms with Crippen LogP contribution in [0.4, 0.5) is 0 Å². The summed E-state index contributed by atoms with van der Waals surface area (Å²) in [6, 6.07) is 0.828. The number of ether oxygens (including phenoxy) is 1. The molecule has 0 spiro atoms. The summed E-state index contributed by atoms with van der Waals surface area (Å²) < 4.78 is 5.36. The van der Waals surface area contributed by atoms with Gasteiger partial charge < -0.3 is 15.4 Å². The van der Waals surface area contributed by atoms with Crippen LogP contribution in [0.5, 0.6) is 0 Å². The van der Waals surface area contributed by atoms with E-state index in [4.69, 9.17) is 4.74 Å². The van der Waals surface area contributed by atoms with Crippen LogP contribution in [0.15, 0.2) is 0 Å². The second-order valence-electron chi connectivity index (χ2n) is 6.93. The minimum atomic E-state index is 0. The van der Waals surface area contributed by atoms with Gasteiger partial charge in [-0.3, -0.25) is 9.69 Å². The fourth-order valence-corrected chi connectivity index (χ4v) is 4.08. The Kier molecular flexibility index (Phi) is 9.16. The first kappa shape index (κ1) is 21.0. The molecule has 1 saturated carbocycles. The van der Waals surface area contributed by atoms with Crippen LogP contribution in [-0.2, 0) is 9.53 Å². The van der Waals surface area contributed by atoms with Gasteiger partial charge in [-0.15, -0.1) is 24.8 Å². The summed E-state index contributed by atoms with van der Waals surface area (Å²) in [7, 11) is 0. The fraction of sp³-hybridized carbons (Fsp3) is 0.938. The zero-order valence-electron chi connectivity index (χ0n) is 14.0. The third kappa shape index (κ3) is 5.75. The lowest BCUT2D eigenvalue weighted by Crippen LogP contribution is -2.50. The van der Waals surface area contributed by atoms with Gasteiger partial charge in [-0.1, -0.05) is 12.8 Å². The van der Waals surface area contributed by atoms with Crippen molar-refractivity contribution < 1.29 is 9.53 Å². The molecule has 5 nitrogen and oxygen atoms in total. The van der Waals surface area contributed by atoms with Crippen molar-refractivity contribution in [2.24, 2.45) is 5.92 Å². The van der Waals surface area contributed by atoms with E-state index < -0.39 is 0 Å². The van der Waals surface area contributed by atoms with Gasteiger partial charge >= 0.3 is 0 Å². The van der Waals surface area contributed by atoms with E-state index >= 15 is 0 Å². The number of morpholine rings is 1. The van der Waals surface area contributed by atoms with Crippen molar-refractivity contribution in [3.63, 3.8) is 0 Å². The molecule has 3 aliphatic rings. The van der Waals surface area contributed by atoms with E-state index in [1.54, 1.807) is 0 Å². The first-order valence-electron chi connectivity index (χ1n) is 8.59. The van der Waals surface area contributed by atoms with Crippen molar-refractivity contribution in [1.29, 1.82) is 0 Å². The number of fused-ring (bicyclic) bond motifs is 1. The Bertz CT molecular complexity index is 353. The monoisotopic (exact) mass is 367 g/mol.